The minimum atomic E-state index is -0.978. The van der Waals surface area contributed by atoms with Crippen molar-refractivity contribution >= 4 is 21.8 Å². The van der Waals surface area contributed by atoms with Crippen molar-refractivity contribution in [1.82, 2.24) is 0 Å². The second kappa shape index (κ2) is 3.83. The van der Waals surface area contributed by atoms with Crippen LogP contribution in [-0.4, -0.2) is 24.7 Å². The largest absolute Gasteiger partial charge is 0.473 e. The van der Waals surface area contributed by atoms with Crippen LogP contribution in [0, 0.1) is 0 Å². The van der Waals surface area contributed by atoms with E-state index in [2.05, 4.69) is 15.9 Å². The van der Waals surface area contributed by atoms with Crippen molar-refractivity contribution in [2.75, 3.05) is 13.2 Å². The smallest absolute Gasteiger partial charge is 0.266 e. The van der Waals surface area contributed by atoms with Crippen molar-refractivity contribution in [3.8, 4) is 5.75 Å². The Morgan fingerprint density at radius 3 is 2.40 bits per heavy atom. The molecule has 0 atom stereocenters. The number of nitrogens with two attached hydrogens (primary N) is 1. The van der Waals surface area contributed by atoms with Crippen LogP contribution in [0.4, 0.5) is 0 Å². The molecule has 1 amide bonds. The molecule has 1 saturated heterocycles. The molecule has 1 aliphatic rings. The quantitative estimate of drug-likeness (QED) is 0.895. The van der Waals surface area contributed by atoms with Crippen LogP contribution in [0.3, 0.4) is 0 Å². The van der Waals surface area contributed by atoms with Crippen LogP contribution in [0.2, 0.25) is 0 Å². The molecule has 0 bridgehead atoms. The Bertz CT molecular complexity index is 373. The van der Waals surface area contributed by atoms with E-state index in [1.807, 2.05) is 12.1 Å². The van der Waals surface area contributed by atoms with Crippen LogP contribution < -0.4 is 10.5 Å². The molecule has 0 aromatic heterocycles. The van der Waals surface area contributed by atoms with Gasteiger partial charge in [-0.1, -0.05) is 15.9 Å². The SMILES string of the molecule is NC(=O)C1(Oc2ccc(Br)cc2)COC1. The number of carbonyl (C=O) groups is 1. The van der Waals surface area contributed by atoms with E-state index in [9.17, 15) is 4.79 Å². The highest BCUT2D eigenvalue weighted by atomic mass is 79.9. The van der Waals surface area contributed by atoms with Crippen LogP contribution >= 0.6 is 15.9 Å². The molecule has 1 fully saturated rings. The number of hydrogen-bond acceptors (Lipinski definition) is 3. The van der Waals surface area contributed by atoms with Gasteiger partial charge < -0.3 is 15.2 Å². The number of benzene rings is 1. The highest BCUT2D eigenvalue weighted by molar-refractivity contribution is 9.10. The normalized spacial score (nSPS) is 17.9. The van der Waals surface area contributed by atoms with Gasteiger partial charge in [0.05, 0.1) is 13.2 Å². The average Bonchev–Trinajstić information content (AvgIpc) is 2.13. The molecular formula is C10H10BrNO3. The third kappa shape index (κ3) is 1.98. The van der Waals surface area contributed by atoms with Crippen molar-refractivity contribution in [2.45, 2.75) is 5.60 Å². The molecule has 0 unspecified atom stereocenters. The van der Waals surface area contributed by atoms with Crippen molar-refractivity contribution < 1.29 is 14.3 Å². The number of hydrogen-bond donors (Lipinski definition) is 1. The van der Waals surface area contributed by atoms with Crippen molar-refractivity contribution in [2.24, 2.45) is 5.73 Å². The molecule has 4 nitrogen and oxygen atoms in total. The number of amides is 1. The number of carbonyl (C=O) groups excluding carboxylic acids is 1. The van der Waals surface area contributed by atoms with Gasteiger partial charge in [-0.05, 0) is 24.3 Å². The second-order valence-electron chi connectivity index (χ2n) is 3.41. The van der Waals surface area contributed by atoms with Gasteiger partial charge in [-0.25, -0.2) is 0 Å². The second-order valence-corrected chi connectivity index (χ2v) is 4.32. The zero-order valence-corrected chi connectivity index (χ0v) is 9.49. The summed E-state index contributed by atoms with van der Waals surface area (Å²) in [6.07, 6.45) is 0. The van der Waals surface area contributed by atoms with Crippen LogP contribution in [-0.2, 0) is 9.53 Å². The molecule has 2 rings (SSSR count). The monoisotopic (exact) mass is 271 g/mol. The minimum Gasteiger partial charge on any atom is -0.473 e. The van der Waals surface area contributed by atoms with E-state index in [1.165, 1.54) is 0 Å². The lowest BCUT2D eigenvalue weighted by molar-refractivity contribution is -0.178. The van der Waals surface area contributed by atoms with Crippen molar-refractivity contribution in [3.05, 3.63) is 28.7 Å². The van der Waals surface area contributed by atoms with Gasteiger partial charge in [-0.2, -0.15) is 0 Å². The first-order chi connectivity index (χ1) is 7.12. The molecule has 5 heteroatoms. The molecule has 0 saturated carbocycles. The van der Waals surface area contributed by atoms with Crippen LogP contribution in [0.25, 0.3) is 0 Å². The summed E-state index contributed by atoms with van der Waals surface area (Å²) in [5.74, 6) is 0.122. The summed E-state index contributed by atoms with van der Waals surface area (Å²) in [4.78, 5) is 11.2. The molecule has 0 aliphatic carbocycles. The first kappa shape index (κ1) is 10.4. The van der Waals surface area contributed by atoms with Gasteiger partial charge >= 0.3 is 0 Å². The molecule has 1 heterocycles. The molecule has 0 spiro atoms. The number of ether oxygens (including phenoxy) is 2. The molecule has 1 aromatic carbocycles. The summed E-state index contributed by atoms with van der Waals surface area (Å²) in [6.45, 7) is 0.441. The lowest BCUT2D eigenvalue weighted by atomic mass is 10.0. The maximum Gasteiger partial charge on any atom is 0.266 e. The zero-order chi connectivity index (χ0) is 10.9. The maximum atomic E-state index is 11.2. The lowest BCUT2D eigenvalue weighted by Crippen LogP contribution is -2.63. The zero-order valence-electron chi connectivity index (χ0n) is 7.90. The Morgan fingerprint density at radius 1 is 1.40 bits per heavy atom. The van der Waals surface area contributed by atoms with Crippen molar-refractivity contribution in [1.29, 1.82) is 0 Å². The van der Waals surface area contributed by atoms with Crippen LogP contribution in [0.15, 0.2) is 28.7 Å². The number of halogens is 1. The van der Waals surface area contributed by atoms with Gasteiger partial charge in [-0.15, -0.1) is 0 Å². The predicted molar refractivity (Wildman–Crippen MR) is 57.5 cm³/mol. The van der Waals surface area contributed by atoms with E-state index >= 15 is 0 Å². The van der Waals surface area contributed by atoms with Crippen LogP contribution in [0.5, 0.6) is 5.75 Å². The lowest BCUT2D eigenvalue weighted by Gasteiger charge is -2.38. The van der Waals surface area contributed by atoms with E-state index in [-0.39, 0.29) is 13.2 Å². The summed E-state index contributed by atoms with van der Waals surface area (Å²) < 4.78 is 11.4. The van der Waals surface area contributed by atoms with Gasteiger partial charge in [0.2, 0.25) is 5.60 Å². The summed E-state index contributed by atoms with van der Waals surface area (Å²) in [5.41, 5.74) is 4.28. The Kier molecular flexibility index (Phi) is 2.67. The van der Waals surface area contributed by atoms with Crippen LogP contribution in [0.1, 0.15) is 0 Å². The summed E-state index contributed by atoms with van der Waals surface area (Å²) in [5, 5.41) is 0. The summed E-state index contributed by atoms with van der Waals surface area (Å²) in [6, 6.07) is 7.22. The highest BCUT2D eigenvalue weighted by Crippen LogP contribution is 2.26. The van der Waals surface area contributed by atoms with Gasteiger partial charge in [0, 0.05) is 4.47 Å². The van der Waals surface area contributed by atoms with Gasteiger partial charge in [0.15, 0.2) is 0 Å². The molecule has 0 radical (unpaired) electrons. The molecular weight excluding hydrogens is 262 g/mol. The highest BCUT2D eigenvalue weighted by Gasteiger charge is 2.47. The first-order valence-corrected chi connectivity index (χ1v) is 5.24. The van der Waals surface area contributed by atoms with E-state index < -0.39 is 11.5 Å². The Labute approximate surface area is 95.5 Å². The fourth-order valence-corrected chi connectivity index (χ4v) is 1.53. The molecule has 1 aliphatic heterocycles. The molecule has 2 N–H and O–H groups in total. The Balaban J connectivity index is 2.13. The van der Waals surface area contributed by atoms with Gasteiger partial charge in [0.25, 0.3) is 5.91 Å². The molecule has 15 heavy (non-hydrogen) atoms. The average molecular weight is 272 g/mol. The standard InChI is InChI=1S/C10H10BrNO3/c11-7-1-3-8(4-2-7)15-10(9(12)13)5-14-6-10/h1-4H,5-6H2,(H2,12,13). The molecule has 1 aromatic rings. The van der Waals surface area contributed by atoms with Gasteiger partial charge in [0.1, 0.15) is 5.75 Å². The first-order valence-electron chi connectivity index (χ1n) is 4.45. The summed E-state index contributed by atoms with van der Waals surface area (Å²) in [7, 11) is 0. The van der Waals surface area contributed by atoms with E-state index in [4.69, 9.17) is 15.2 Å². The topological polar surface area (TPSA) is 61.6 Å². The maximum absolute atomic E-state index is 11.2. The van der Waals surface area contributed by atoms with E-state index in [0.717, 1.165) is 4.47 Å². The summed E-state index contributed by atoms with van der Waals surface area (Å²) >= 11 is 3.31. The Hall–Kier alpha value is -1.07. The Morgan fingerprint density at radius 2 is 2.00 bits per heavy atom. The van der Waals surface area contributed by atoms with E-state index in [1.54, 1.807) is 12.1 Å². The minimum absolute atomic E-state index is 0.221. The van der Waals surface area contributed by atoms with Crippen molar-refractivity contribution in [3.63, 3.8) is 0 Å². The predicted octanol–water partition coefficient (Wildman–Crippen LogP) is 1.08. The molecule has 80 valence electrons. The van der Waals surface area contributed by atoms with E-state index in [0.29, 0.717) is 5.75 Å². The fourth-order valence-electron chi connectivity index (χ4n) is 1.27. The fraction of sp³-hybridized carbons (Fsp3) is 0.300. The number of primary amides is 1. The van der Waals surface area contributed by atoms with Gasteiger partial charge in [-0.3, -0.25) is 4.79 Å². The third-order valence-corrected chi connectivity index (χ3v) is 2.78. The third-order valence-electron chi connectivity index (χ3n) is 2.25. The number of rotatable bonds is 3.